The monoisotopic (exact) mass is 326 g/mol. The van der Waals surface area contributed by atoms with Gasteiger partial charge >= 0.3 is 0 Å². The highest BCUT2D eigenvalue weighted by Gasteiger charge is 2.15. The van der Waals surface area contributed by atoms with Gasteiger partial charge in [-0.3, -0.25) is 9.59 Å². The number of rotatable bonds is 6. The zero-order valence-electron chi connectivity index (χ0n) is 14.1. The first-order valence-corrected chi connectivity index (χ1v) is 7.92. The summed E-state index contributed by atoms with van der Waals surface area (Å²) in [5, 5.41) is 5.31. The first-order chi connectivity index (χ1) is 11.5. The molecular formula is C19H22N2O3. The Morgan fingerprint density at radius 2 is 1.83 bits per heavy atom. The molecule has 2 N–H and O–H groups in total. The Bertz CT molecular complexity index is 711. The highest BCUT2D eigenvalue weighted by molar-refractivity contribution is 5.98. The van der Waals surface area contributed by atoms with E-state index in [1.807, 2.05) is 24.3 Å². The summed E-state index contributed by atoms with van der Waals surface area (Å²) in [6, 6.07) is 14.4. The summed E-state index contributed by atoms with van der Waals surface area (Å²) in [5.41, 5.74) is 2.25. The maximum atomic E-state index is 12.3. The molecular weight excluding hydrogens is 304 g/mol. The van der Waals surface area contributed by atoms with Crippen molar-refractivity contribution in [3.05, 3.63) is 59.7 Å². The lowest BCUT2D eigenvalue weighted by atomic mass is 10.1. The molecule has 1 unspecified atom stereocenters. The van der Waals surface area contributed by atoms with Gasteiger partial charge in [0.25, 0.3) is 11.8 Å². The second kappa shape index (κ2) is 8.15. The van der Waals surface area contributed by atoms with Gasteiger partial charge in [-0.15, -0.1) is 0 Å². The third-order valence-corrected chi connectivity index (χ3v) is 3.63. The summed E-state index contributed by atoms with van der Waals surface area (Å²) in [6.45, 7) is 3.77. The third-order valence-electron chi connectivity index (χ3n) is 3.63. The van der Waals surface area contributed by atoms with Crippen LogP contribution in [-0.2, 0) is 11.2 Å². The number of benzene rings is 2. The van der Waals surface area contributed by atoms with E-state index in [4.69, 9.17) is 4.74 Å². The van der Waals surface area contributed by atoms with Gasteiger partial charge in [0.15, 0.2) is 6.10 Å². The zero-order valence-corrected chi connectivity index (χ0v) is 14.1. The minimum atomic E-state index is -0.652. The van der Waals surface area contributed by atoms with E-state index in [1.54, 1.807) is 38.2 Å². The molecule has 0 aliphatic heterocycles. The normalized spacial score (nSPS) is 11.5. The molecule has 24 heavy (non-hydrogen) atoms. The van der Waals surface area contributed by atoms with Gasteiger partial charge in [-0.05, 0) is 49.2 Å². The van der Waals surface area contributed by atoms with Crippen molar-refractivity contribution in [2.24, 2.45) is 0 Å². The van der Waals surface area contributed by atoms with Crippen LogP contribution in [0.15, 0.2) is 48.5 Å². The molecule has 0 radical (unpaired) electrons. The van der Waals surface area contributed by atoms with Crippen molar-refractivity contribution < 1.29 is 14.3 Å². The molecule has 0 aromatic heterocycles. The number of anilines is 1. The molecule has 2 aromatic carbocycles. The van der Waals surface area contributed by atoms with Crippen molar-refractivity contribution in [3.8, 4) is 5.75 Å². The maximum absolute atomic E-state index is 12.3. The molecule has 0 aliphatic carbocycles. The Kier molecular flexibility index (Phi) is 5.95. The molecule has 0 aliphatic rings. The third kappa shape index (κ3) is 4.59. The largest absolute Gasteiger partial charge is 0.481 e. The number of amides is 2. The highest BCUT2D eigenvalue weighted by atomic mass is 16.5. The van der Waals surface area contributed by atoms with E-state index < -0.39 is 6.10 Å². The van der Waals surface area contributed by atoms with Gasteiger partial charge in [0.05, 0.1) is 0 Å². The maximum Gasteiger partial charge on any atom is 0.265 e. The van der Waals surface area contributed by atoms with Crippen molar-refractivity contribution in [1.82, 2.24) is 5.32 Å². The molecule has 2 rings (SSSR count). The van der Waals surface area contributed by atoms with Gasteiger partial charge in [0.2, 0.25) is 0 Å². The fourth-order valence-corrected chi connectivity index (χ4v) is 2.19. The molecule has 0 fully saturated rings. The average molecular weight is 326 g/mol. The summed E-state index contributed by atoms with van der Waals surface area (Å²) in [7, 11) is 1.56. The van der Waals surface area contributed by atoms with Crippen LogP contribution in [0.4, 0.5) is 5.69 Å². The number of carbonyl (C=O) groups excluding carboxylic acids is 2. The van der Waals surface area contributed by atoms with E-state index in [2.05, 4.69) is 17.6 Å². The molecule has 5 nitrogen and oxygen atoms in total. The number of ether oxygens (including phenoxy) is 1. The minimum Gasteiger partial charge on any atom is -0.481 e. The summed E-state index contributed by atoms with van der Waals surface area (Å²) < 4.78 is 5.66. The average Bonchev–Trinajstić information content (AvgIpc) is 2.61. The molecule has 2 amide bonds. The van der Waals surface area contributed by atoms with E-state index in [-0.39, 0.29) is 11.8 Å². The van der Waals surface area contributed by atoms with Crippen LogP contribution < -0.4 is 15.4 Å². The summed E-state index contributed by atoms with van der Waals surface area (Å²) in [6.07, 6.45) is 0.305. The van der Waals surface area contributed by atoms with Gasteiger partial charge in [-0.2, -0.15) is 0 Å². The number of hydrogen-bond acceptors (Lipinski definition) is 3. The Morgan fingerprint density at radius 1 is 1.12 bits per heavy atom. The second-order valence-electron chi connectivity index (χ2n) is 5.41. The SMILES string of the molecule is CCc1ccc(OC(C)C(=O)Nc2cccc(C(=O)NC)c2)cc1. The molecule has 5 heteroatoms. The van der Waals surface area contributed by atoms with Crippen LogP contribution >= 0.6 is 0 Å². The molecule has 0 saturated heterocycles. The van der Waals surface area contributed by atoms with Crippen LogP contribution in [-0.4, -0.2) is 25.0 Å². The summed E-state index contributed by atoms with van der Waals surface area (Å²) in [4.78, 5) is 23.9. The topological polar surface area (TPSA) is 67.4 Å². The lowest BCUT2D eigenvalue weighted by Crippen LogP contribution is -2.30. The van der Waals surface area contributed by atoms with Gasteiger partial charge in [-0.25, -0.2) is 0 Å². The van der Waals surface area contributed by atoms with Gasteiger partial charge in [0, 0.05) is 18.3 Å². The number of nitrogens with one attached hydrogen (secondary N) is 2. The first-order valence-electron chi connectivity index (χ1n) is 7.92. The number of aryl methyl sites for hydroxylation is 1. The van der Waals surface area contributed by atoms with Crippen LogP contribution in [0.25, 0.3) is 0 Å². The fourth-order valence-electron chi connectivity index (χ4n) is 2.19. The van der Waals surface area contributed by atoms with Crippen molar-refractivity contribution in [2.75, 3.05) is 12.4 Å². The molecule has 1 atom stereocenters. The Hall–Kier alpha value is -2.82. The highest BCUT2D eigenvalue weighted by Crippen LogP contribution is 2.16. The van der Waals surface area contributed by atoms with E-state index in [1.165, 1.54) is 5.56 Å². The number of carbonyl (C=O) groups is 2. The standard InChI is InChI=1S/C19H22N2O3/c1-4-14-8-10-17(11-9-14)24-13(2)18(22)21-16-7-5-6-15(12-16)19(23)20-3/h5-13H,4H2,1-3H3,(H,20,23)(H,21,22). The lowest BCUT2D eigenvalue weighted by Gasteiger charge is -2.15. The van der Waals surface area contributed by atoms with E-state index in [0.717, 1.165) is 6.42 Å². The molecule has 0 bridgehead atoms. The molecule has 0 saturated carbocycles. The predicted molar refractivity (Wildman–Crippen MR) is 94.4 cm³/mol. The Labute approximate surface area is 142 Å². The van der Waals surface area contributed by atoms with Gasteiger partial charge < -0.3 is 15.4 Å². The molecule has 2 aromatic rings. The van der Waals surface area contributed by atoms with Crippen LogP contribution in [0.3, 0.4) is 0 Å². The van der Waals surface area contributed by atoms with Crippen LogP contribution in [0.1, 0.15) is 29.8 Å². The van der Waals surface area contributed by atoms with Crippen molar-refractivity contribution in [1.29, 1.82) is 0 Å². The zero-order chi connectivity index (χ0) is 17.5. The quantitative estimate of drug-likeness (QED) is 0.857. The van der Waals surface area contributed by atoms with Crippen molar-refractivity contribution in [2.45, 2.75) is 26.4 Å². The Morgan fingerprint density at radius 3 is 2.46 bits per heavy atom. The summed E-state index contributed by atoms with van der Waals surface area (Å²) >= 11 is 0. The molecule has 126 valence electrons. The first kappa shape index (κ1) is 17.5. The van der Waals surface area contributed by atoms with Crippen LogP contribution in [0.5, 0.6) is 5.75 Å². The van der Waals surface area contributed by atoms with Crippen LogP contribution in [0, 0.1) is 0 Å². The predicted octanol–water partition coefficient (Wildman–Crippen LogP) is 3.01. The smallest absolute Gasteiger partial charge is 0.265 e. The fraction of sp³-hybridized carbons (Fsp3) is 0.263. The minimum absolute atomic E-state index is 0.202. The van der Waals surface area contributed by atoms with E-state index >= 15 is 0 Å². The number of hydrogen-bond donors (Lipinski definition) is 2. The van der Waals surface area contributed by atoms with Crippen molar-refractivity contribution in [3.63, 3.8) is 0 Å². The Balaban J connectivity index is 1.99. The van der Waals surface area contributed by atoms with Crippen LogP contribution in [0.2, 0.25) is 0 Å². The summed E-state index contributed by atoms with van der Waals surface area (Å²) in [5.74, 6) is 0.170. The molecule has 0 spiro atoms. The van der Waals surface area contributed by atoms with Gasteiger partial charge in [0.1, 0.15) is 5.75 Å². The lowest BCUT2D eigenvalue weighted by molar-refractivity contribution is -0.122. The van der Waals surface area contributed by atoms with E-state index in [9.17, 15) is 9.59 Å². The van der Waals surface area contributed by atoms with Gasteiger partial charge in [-0.1, -0.05) is 25.1 Å². The molecule has 0 heterocycles. The van der Waals surface area contributed by atoms with E-state index in [0.29, 0.717) is 17.0 Å². The second-order valence-corrected chi connectivity index (χ2v) is 5.41. The van der Waals surface area contributed by atoms with Crippen molar-refractivity contribution >= 4 is 17.5 Å².